The Kier molecular flexibility index (Phi) is 7.62. The third-order valence-electron chi connectivity index (χ3n) is 1.81. The first-order chi connectivity index (χ1) is 7.07. The van der Waals surface area contributed by atoms with Crippen molar-refractivity contribution >= 4 is 11.8 Å². The third-order valence-corrected chi connectivity index (χ3v) is 1.81. The number of hydrogen-bond donors (Lipinski definition) is 2. The molecule has 0 fully saturated rings. The van der Waals surface area contributed by atoms with Gasteiger partial charge >= 0.3 is 11.8 Å². The Morgan fingerprint density at radius 1 is 1.07 bits per heavy atom. The van der Waals surface area contributed by atoms with E-state index in [0.29, 0.717) is 13.1 Å². The minimum absolute atomic E-state index is 0.538. The van der Waals surface area contributed by atoms with Crippen LogP contribution in [0.25, 0.3) is 0 Å². The van der Waals surface area contributed by atoms with Crippen LogP contribution >= 0.6 is 0 Å². The van der Waals surface area contributed by atoms with Gasteiger partial charge in [-0.1, -0.05) is 6.92 Å². The summed E-state index contributed by atoms with van der Waals surface area (Å²) >= 11 is 0. The number of rotatable bonds is 6. The zero-order valence-electron chi connectivity index (χ0n) is 9.80. The lowest BCUT2D eigenvalue weighted by Gasteiger charge is -2.09. The molecule has 0 aromatic carbocycles. The lowest BCUT2D eigenvalue weighted by atomic mass is 10.4. The molecule has 0 aromatic rings. The predicted octanol–water partition coefficient (Wildman–Crippen LogP) is -0.419. The quantitative estimate of drug-likeness (QED) is 0.467. The molecule has 0 radical (unpaired) electrons. The number of carbonyl (C=O) groups excluding carboxylic acids is 2. The number of nitrogens with zero attached hydrogens (tertiary/aromatic N) is 1. The lowest BCUT2D eigenvalue weighted by molar-refractivity contribution is -0.139. The van der Waals surface area contributed by atoms with Crippen LogP contribution in [0.5, 0.6) is 0 Å². The zero-order chi connectivity index (χ0) is 11.7. The molecule has 0 bridgehead atoms. The predicted molar refractivity (Wildman–Crippen MR) is 59.5 cm³/mol. The highest BCUT2D eigenvalue weighted by atomic mass is 16.2. The van der Waals surface area contributed by atoms with Gasteiger partial charge in [0.05, 0.1) is 0 Å². The zero-order valence-corrected chi connectivity index (χ0v) is 9.80. The molecule has 2 N–H and O–H groups in total. The van der Waals surface area contributed by atoms with E-state index in [-0.39, 0.29) is 0 Å². The number of amides is 2. The van der Waals surface area contributed by atoms with Crippen molar-refractivity contribution in [2.75, 3.05) is 33.7 Å². The van der Waals surface area contributed by atoms with Crippen molar-refractivity contribution < 1.29 is 9.59 Å². The van der Waals surface area contributed by atoms with Crippen LogP contribution in [-0.2, 0) is 9.59 Å². The molecule has 5 nitrogen and oxygen atoms in total. The summed E-state index contributed by atoms with van der Waals surface area (Å²) in [5, 5.41) is 5.09. The first-order valence-corrected chi connectivity index (χ1v) is 5.28. The van der Waals surface area contributed by atoms with Gasteiger partial charge in [0.2, 0.25) is 0 Å². The summed E-state index contributed by atoms with van der Waals surface area (Å²) in [5.74, 6) is -1.08. The number of hydrogen-bond acceptors (Lipinski definition) is 3. The Hall–Kier alpha value is -1.10. The van der Waals surface area contributed by atoms with Gasteiger partial charge < -0.3 is 15.5 Å². The normalized spacial score (nSPS) is 10.1. The molecular formula is C10H21N3O2. The van der Waals surface area contributed by atoms with Crippen LogP contribution in [0, 0.1) is 0 Å². The van der Waals surface area contributed by atoms with E-state index >= 15 is 0 Å². The van der Waals surface area contributed by atoms with Gasteiger partial charge in [-0.3, -0.25) is 9.59 Å². The van der Waals surface area contributed by atoms with Gasteiger partial charge in [0.15, 0.2) is 0 Å². The third kappa shape index (κ3) is 7.93. The molecule has 2 amide bonds. The highest BCUT2D eigenvalue weighted by Crippen LogP contribution is 1.81. The smallest absolute Gasteiger partial charge is 0.309 e. The summed E-state index contributed by atoms with van der Waals surface area (Å²) in [4.78, 5) is 24.3. The Balaban J connectivity index is 3.51. The molecule has 15 heavy (non-hydrogen) atoms. The van der Waals surface area contributed by atoms with E-state index in [4.69, 9.17) is 0 Å². The van der Waals surface area contributed by atoms with E-state index in [0.717, 1.165) is 19.4 Å². The van der Waals surface area contributed by atoms with Crippen molar-refractivity contribution in [1.29, 1.82) is 0 Å². The fraction of sp³-hybridized carbons (Fsp3) is 0.800. The maximum Gasteiger partial charge on any atom is 0.309 e. The maximum atomic E-state index is 11.2. The van der Waals surface area contributed by atoms with E-state index < -0.39 is 11.8 Å². The first kappa shape index (κ1) is 13.9. The van der Waals surface area contributed by atoms with E-state index in [1.807, 2.05) is 25.9 Å². The van der Waals surface area contributed by atoms with Crippen LogP contribution in [0.3, 0.4) is 0 Å². The Morgan fingerprint density at radius 3 is 2.07 bits per heavy atom. The van der Waals surface area contributed by atoms with E-state index in [1.165, 1.54) is 0 Å². The van der Waals surface area contributed by atoms with Crippen molar-refractivity contribution in [3.05, 3.63) is 0 Å². The van der Waals surface area contributed by atoms with Gasteiger partial charge in [-0.15, -0.1) is 0 Å². The summed E-state index contributed by atoms with van der Waals surface area (Å²) in [5.41, 5.74) is 0. The first-order valence-electron chi connectivity index (χ1n) is 5.28. The van der Waals surface area contributed by atoms with Crippen LogP contribution in [0.15, 0.2) is 0 Å². The SMILES string of the molecule is CCCNC(=O)C(=O)NCCCN(C)C. The topological polar surface area (TPSA) is 61.4 Å². The van der Waals surface area contributed by atoms with Gasteiger partial charge in [0, 0.05) is 13.1 Å². The van der Waals surface area contributed by atoms with Crippen molar-refractivity contribution in [2.45, 2.75) is 19.8 Å². The minimum Gasteiger partial charge on any atom is -0.348 e. The van der Waals surface area contributed by atoms with Crippen LogP contribution in [0.2, 0.25) is 0 Å². The molecule has 0 spiro atoms. The fourth-order valence-electron chi connectivity index (χ4n) is 0.996. The molecular weight excluding hydrogens is 194 g/mol. The summed E-state index contributed by atoms with van der Waals surface area (Å²) in [7, 11) is 3.94. The number of carbonyl (C=O) groups is 2. The second-order valence-corrected chi connectivity index (χ2v) is 3.67. The average molecular weight is 215 g/mol. The average Bonchev–Trinajstić information content (AvgIpc) is 2.20. The minimum atomic E-state index is -0.540. The second-order valence-electron chi connectivity index (χ2n) is 3.67. The molecule has 0 heterocycles. The monoisotopic (exact) mass is 215 g/mol. The van der Waals surface area contributed by atoms with E-state index in [2.05, 4.69) is 10.6 Å². The summed E-state index contributed by atoms with van der Waals surface area (Å²) < 4.78 is 0. The van der Waals surface area contributed by atoms with E-state index in [9.17, 15) is 9.59 Å². The largest absolute Gasteiger partial charge is 0.348 e. The Labute approximate surface area is 91.2 Å². The highest BCUT2D eigenvalue weighted by molar-refractivity contribution is 6.35. The van der Waals surface area contributed by atoms with Crippen molar-refractivity contribution in [2.24, 2.45) is 0 Å². The highest BCUT2D eigenvalue weighted by Gasteiger charge is 2.10. The molecule has 0 aliphatic heterocycles. The van der Waals surface area contributed by atoms with Gasteiger partial charge in [0.25, 0.3) is 0 Å². The molecule has 0 aromatic heterocycles. The Morgan fingerprint density at radius 2 is 1.60 bits per heavy atom. The molecule has 88 valence electrons. The van der Waals surface area contributed by atoms with Crippen molar-refractivity contribution in [3.8, 4) is 0 Å². The second kappa shape index (κ2) is 8.23. The standard InChI is InChI=1S/C10H21N3O2/c1-4-6-11-9(14)10(15)12-7-5-8-13(2)3/h4-8H2,1-3H3,(H,11,14)(H,12,15). The summed E-state index contributed by atoms with van der Waals surface area (Å²) in [6.07, 6.45) is 1.68. The van der Waals surface area contributed by atoms with Gasteiger partial charge in [-0.25, -0.2) is 0 Å². The maximum absolute atomic E-state index is 11.2. The fourth-order valence-corrected chi connectivity index (χ4v) is 0.996. The van der Waals surface area contributed by atoms with Crippen molar-refractivity contribution in [3.63, 3.8) is 0 Å². The molecule has 0 atom stereocenters. The van der Waals surface area contributed by atoms with Crippen molar-refractivity contribution in [1.82, 2.24) is 15.5 Å². The summed E-state index contributed by atoms with van der Waals surface area (Å²) in [6, 6.07) is 0. The molecule has 0 saturated carbocycles. The van der Waals surface area contributed by atoms with Gasteiger partial charge in [-0.05, 0) is 33.5 Å². The summed E-state index contributed by atoms with van der Waals surface area (Å²) in [6.45, 7) is 3.92. The van der Waals surface area contributed by atoms with Gasteiger partial charge in [0.1, 0.15) is 0 Å². The molecule has 5 heteroatoms. The van der Waals surface area contributed by atoms with Crippen LogP contribution in [0.4, 0.5) is 0 Å². The molecule has 0 aliphatic carbocycles. The lowest BCUT2D eigenvalue weighted by Crippen LogP contribution is -2.40. The molecule has 0 saturated heterocycles. The van der Waals surface area contributed by atoms with Crippen LogP contribution in [-0.4, -0.2) is 50.4 Å². The molecule has 0 rings (SSSR count). The number of nitrogens with one attached hydrogen (secondary N) is 2. The molecule has 0 aliphatic rings. The molecule has 0 unspecified atom stereocenters. The van der Waals surface area contributed by atoms with Gasteiger partial charge in [-0.2, -0.15) is 0 Å². The Bertz CT molecular complexity index is 205. The van der Waals surface area contributed by atoms with Crippen LogP contribution < -0.4 is 10.6 Å². The van der Waals surface area contributed by atoms with E-state index in [1.54, 1.807) is 0 Å². The van der Waals surface area contributed by atoms with Crippen LogP contribution in [0.1, 0.15) is 19.8 Å².